The maximum Gasteiger partial charge on any atom is 0.274 e. The average molecular weight is 436 g/mol. The fraction of sp³-hybridized carbons (Fsp3) is 0.250. The van der Waals surface area contributed by atoms with Crippen LogP contribution in [-0.2, 0) is 9.47 Å². The number of methoxy groups -OCH3 is 2. The highest BCUT2D eigenvalue weighted by Gasteiger charge is 2.19. The van der Waals surface area contributed by atoms with E-state index in [2.05, 4.69) is 5.10 Å². The molecule has 32 heavy (non-hydrogen) atoms. The van der Waals surface area contributed by atoms with Gasteiger partial charge in [-0.05, 0) is 47.5 Å². The molecule has 0 radical (unpaired) electrons. The van der Waals surface area contributed by atoms with Gasteiger partial charge in [-0.15, -0.1) is 0 Å². The molecule has 4 aromatic rings. The van der Waals surface area contributed by atoms with E-state index in [-0.39, 0.29) is 11.7 Å². The van der Waals surface area contributed by atoms with Crippen LogP contribution in [0.1, 0.15) is 10.5 Å². The van der Waals surface area contributed by atoms with Crippen molar-refractivity contribution in [3.63, 3.8) is 0 Å². The van der Waals surface area contributed by atoms with Crippen molar-refractivity contribution in [1.82, 2.24) is 19.1 Å². The van der Waals surface area contributed by atoms with Crippen LogP contribution < -0.4 is 0 Å². The van der Waals surface area contributed by atoms with E-state index < -0.39 is 0 Å². The Bertz CT molecular complexity index is 1190. The zero-order chi connectivity index (χ0) is 22.5. The summed E-state index contributed by atoms with van der Waals surface area (Å²) in [5.41, 5.74) is 3.19. The summed E-state index contributed by atoms with van der Waals surface area (Å²) in [6.45, 7) is 1.79. The van der Waals surface area contributed by atoms with Crippen LogP contribution in [-0.4, -0.2) is 65.5 Å². The third-order valence-corrected chi connectivity index (χ3v) is 5.27. The van der Waals surface area contributed by atoms with E-state index in [0.717, 1.165) is 22.5 Å². The fourth-order valence-corrected chi connectivity index (χ4v) is 3.53. The molecule has 3 aromatic heterocycles. The second-order valence-corrected chi connectivity index (χ2v) is 7.33. The van der Waals surface area contributed by atoms with Gasteiger partial charge in [0.05, 0.1) is 13.2 Å². The van der Waals surface area contributed by atoms with Crippen molar-refractivity contribution in [1.29, 1.82) is 0 Å². The van der Waals surface area contributed by atoms with Crippen molar-refractivity contribution in [3.8, 4) is 16.9 Å². The van der Waals surface area contributed by atoms with Gasteiger partial charge in [0.2, 0.25) is 0 Å². The third-order valence-electron chi connectivity index (χ3n) is 5.27. The van der Waals surface area contributed by atoms with E-state index in [4.69, 9.17) is 9.47 Å². The van der Waals surface area contributed by atoms with Gasteiger partial charge in [-0.1, -0.05) is 18.2 Å². The van der Waals surface area contributed by atoms with E-state index in [1.54, 1.807) is 48.2 Å². The van der Waals surface area contributed by atoms with Crippen molar-refractivity contribution in [2.24, 2.45) is 0 Å². The summed E-state index contributed by atoms with van der Waals surface area (Å²) in [6.07, 6.45) is 3.74. The van der Waals surface area contributed by atoms with Crippen molar-refractivity contribution in [2.75, 3.05) is 40.5 Å². The highest BCUT2D eigenvalue weighted by atomic mass is 19.1. The third kappa shape index (κ3) is 4.56. The molecular formula is C24H25FN4O3. The zero-order valence-electron chi connectivity index (χ0n) is 18.1. The average Bonchev–Trinajstić information content (AvgIpc) is 3.46. The number of fused-ring (bicyclic) bond motifs is 1. The summed E-state index contributed by atoms with van der Waals surface area (Å²) in [4.78, 5) is 14.6. The summed E-state index contributed by atoms with van der Waals surface area (Å²) in [6, 6.07) is 16.0. The number of aromatic nitrogens is 3. The van der Waals surface area contributed by atoms with Gasteiger partial charge in [0.25, 0.3) is 5.91 Å². The van der Waals surface area contributed by atoms with Gasteiger partial charge < -0.3 is 18.8 Å². The molecule has 3 heterocycles. The number of amides is 1. The molecule has 7 nitrogen and oxygen atoms in total. The van der Waals surface area contributed by atoms with Crippen LogP contribution in [0.3, 0.4) is 0 Å². The summed E-state index contributed by atoms with van der Waals surface area (Å²) in [7, 11) is 3.21. The number of nitrogens with zero attached hydrogens (tertiary/aromatic N) is 4. The lowest BCUT2D eigenvalue weighted by Crippen LogP contribution is -2.36. The van der Waals surface area contributed by atoms with Gasteiger partial charge in [0.1, 0.15) is 11.6 Å². The Hall–Kier alpha value is -3.49. The highest BCUT2D eigenvalue weighted by molar-refractivity contribution is 5.92. The molecule has 0 atom stereocenters. The minimum Gasteiger partial charge on any atom is -0.383 e. The number of halogens is 1. The van der Waals surface area contributed by atoms with Crippen LogP contribution in [0.5, 0.6) is 0 Å². The van der Waals surface area contributed by atoms with Crippen LogP contribution in [0.15, 0.2) is 67.0 Å². The van der Waals surface area contributed by atoms with E-state index in [1.807, 2.05) is 34.9 Å². The van der Waals surface area contributed by atoms with Gasteiger partial charge in [-0.25, -0.2) is 9.07 Å². The van der Waals surface area contributed by atoms with Gasteiger partial charge in [-0.2, -0.15) is 5.10 Å². The second kappa shape index (κ2) is 9.76. The number of hydrogen-bond donors (Lipinski definition) is 0. The van der Waals surface area contributed by atoms with Crippen LogP contribution in [0.2, 0.25) is 0 Å². The lowest BCUT2D eigenvalue weighted by atomic mass is 10.1. The summed E-state index contributed by atoms with van der Waals surface area (Å²) < 4.78 is 27.2. The molecule has 1 aromatic carbocycles. The quantitative estimate of drug-likeness (QED) is 0.402. The Kier molecular flexibility index (Phi) is 6.63. The summed E-state index contributed by atoms with van der Waals surface area (Å²) in [5.74, 6) is 0.351. The lowest BCUT2D eigenvalue weighted by molar-refractivity contribution is 0.0621. The van der Waals surface area contributed by atoms with Crippen LogP contribution in [0.25, 0.3) is 22.5 Å². The number of hydrogen-bond acceptors (Lipinski definition) is 4. The fourth-order valence-electron chi connectivity index (χ4n) is 3.53. The topological polar surface area (TPSA) is 61.0 Å². The predicted octanol–water partition coefficient (Wildman–Crippen LogP) is 3.67. The van der Waals surface area contributed by atoms with Gasteiger partial charge in [-0.3, -0.25) is 4.79 Å². The molecule has 0 N–H and O–H groups in total. The second-order valence-electron chi connectivity index (χ2n) is 7.33. The standard InChI is InChI=1S/C24H25FN4O3/c1-31-15-13-27(14-16-32-2)24(30)22-11-12-29(26-22)23-10-9-21-8-5-19(17-28(21)23)18-3-6-20(25)7-4-18/h3-12,17H,13-16H2,1-2H3. The smallest absolute Gasteiger partial charge is 0.274 e. The summed E-state index contributed by atoms with van der Waals surface area (Å²) >= 11 is 0. The van der Waals surface area contributed by atoms with Crippen LogP contribution >= 0.6 is 0 Å². The lowest BCUT2D eigenvalue weighted by Gasteiger charge is -2.20. The normalized spacial score (nSPS) is 11.2. The Labute approximate surface area is 185 Å². The minimum atomic E-state index is -0.268. The molecule has 0 aliphatic carbocycles. The Morgan fingerprint density at radius 2 is 1.59 bits per heavy atom. The van der Waals surface area contributed by atoms with Crippen molar-refractivity contribution in [3.05, 3.63) is 78.5 Å². The molecule has 0 fully saturated rings. The minimum absolute atomic E-state index is 0.175. The first-order valence-electron chi connectivity index (χ1n) is 10.3. The number of carbonyl (C=O) groups excluding carboxylic acids is 1. The first kappa shape index (κ1) is 21.7. The molecular weight excluding hydrogens is 411 g/mol. The number of rotatable bonds is 9. The molecule has 166 valence electrons. The summed E-state index contributed by atoms with van der Waals surface area (Å²) in [5, 5.41) is 4.53. The van der Waals surface area contributed by atoms with E-state index >= 15 is 0 Å². The molecule has 8 heteroatoms. The van der Waals surface area contributed by atoms with Gasteiger partial charge in [0.15, 0.2) is 5.69 Å². The molecule has 1 amide bonds. The van der Waals surface area contributed by atoms with Gasteiger partial charge in [0, 0.05) is 45.2 Å². The molecule has 0 spiro atoms. The number of pyridine rings is 1. The van der Waals surface area contributed by atoms with E-state index in [9.17, 15) is 9.18 Å². The van der Waals surface area contributed by atoms with Crippen LogP contribution in [0.4, 0.5) is 4.39 Å². The molecule has 0 aliphatic rings. The molecule has 0 saturated carbocycles. The first-order valence-corrected chi connectivity index (χ1v) is 10.3. The van der Waals surface area contributed by atoms with Crippen molar-refractivity contribution in [2.45, 2.75) is 0 Å². The van der Waals surface area contributed by atoms with E-state index in [0.29, 0.717) is 32.0 Å². The predicted molar refractivity (Wildman–Crippen MR) is 120 cm³/mol. The molecule has 0 aliphatic heterocycles. The SMILES string of the molecule is COCCN(CCOC)C(=O)c1ccn(-c2ccc3ccc(-c4ccc(F)cc4)cn23)n1. The maximum atomic E-state index is 13.3. The Morgan fingerprint density at radius 1 is 0.938 bits per heavy atom. The Morgan fingerprint density at radius 3 is 2.28 bits per heavy atom. The Balaban J connectivity index is 1.63. The molecule has 0 bridgehead atoms. The zero-order valence-corrected chi connectivity index (χ0v) is 18.1. The molecule has 0 saturated heterocycles. The van der Waals surface area contributed by atoms with Crippen molar-refractivity contribution < 1.29 is 18.7 Å². The molecule has 4 rings (SSSR count). The molecule has 0 unspecified atom stereocenters. The van der Waals surface area contributed by atoms with Gasteiger partial charge >= 0.3 is 0 Å². The number of carbonyl (C=O) groups is 1. The first-order chi connectivity index (χ1) is 15.6. The maximum absolute atomic E-state index is 13.3. The van der Waals surface area contributed by atoms with Crippen LogP contribution in [0, 0.1) is 5.82 Å². The monoisotopic (exact) mass is 436 g/mol. The van der Waals surface area contributed by atoms with Crippen molar-refractivity contribution >= 4 is 11.4 Å². The highest BCUT2D eigenvalue weighted by Crippen LogP contribution is 2.23. The number of ether oxygens (including phenoxy) is 2. The van der Waals surface area contributed by atoms with E-state index in [1.165, 1.54) is 12.1 Å². The number of benzene rings is 1. The largest absolute Gasteiger partial charge is 0.383 e.